The van der Waals surface area contributed by atoms with Gasteiger partial charge in [-0.1, -0.05) is 17.7 Å². The molecule has 0 bridgehead atoms. The Morgan fingerprint density at radius 2 is 2.38 bits per heavy atom. The first-order chi connectivity index (χ1) is 10.1. The first-order valence-electron chi connectivity index (χ1n) is 7.19. The van der Waals surface area contributed by atoms with Crippen LogP contribution in [0, 0.1) is 0 Å². The van der Waals surface area contributed by atoms with Crippen molar-refractivity contribution in [2.75, 3.05) is 38.3 Å². The summed E-state index contributed by atoms with van der Waals surface area (Å²) in [7, 11) is 1.67. The number of nitrogens with two attached hydrogens (primary N) is 1. The molecular formula is C15H22ClN3O2. The number of methoxy groups -OCH3 is 1. The van der Waals surface area contributed by atoms with Crippen LogP contribution in [0.1, 0.15) is 23.2 Å². The van der Waals surface area contributed by atoms with Gasteiger partial charge in [-0.2, -0.15) is 0 Å². The number of hydrogen-bond donors (Lipinski definition) is 2. The van der Waals surface area contributed by atoms with Crippen LogP contribution in [0.2, 0.25) is 5.02 Å². The molecule has 5 nitrogen and oxygen atoms in total. The number of hydrogen-bond acceptors (Lipinski definition) is 4. The van der Waals surface area contributed by atoms with Crippen LogP contribution in [0.5, 0.6) is 0 Å². The van der Waals surface area contributed by atoms with Crippen molar-refractivity contribution in [1.82, 2.24) is 5.32 Å². The lowest BCUT2D eigenvalue weighted by molar-refractivity contribution is 0.100. The van der Waals surface area contributed by atoms with E-state index in [1.165, 1.54) is 6.42 Å². The molecule has 116 valence electrons. The third kappa shape index (κ3) is 4.09. The number of amides is 1. The van der Waals surface area contributed by atoms with Crippen molar-refractivity contribution in [3.63, 3.8) is 0 Å². The number of primary amides is 1. The molecule has 0 radical (unpaired) electrons. The van der Waals surface area contributed by atoms with Gasteiger partial charge in [0.15, 0.2) is 0 Å². The van der Waals surface area contributed by atoms with E-state index >= 15 is 0 Å². The van der Waals surface area contributed by atoms with E-state index in [1.54, 1.807) is 13.2 Å². The Bertz CT molecular complexity index is 490. The van der Waals surface area contributed by atoms with Gasteiger partial charge in [-0.05, 0) is 31.5 Å². The Hall–Kier alpha value is -1.30. The van der Waals surface area contributed by atoms with Crippen molar-refractivity contribution in [1.29, 1.82) is 0 Å². The maximum Gasteiger partial charge on any atom is 0.252 e. The molecule has 1 heterocycles. The zero-order valence-electron chi connectivity index (χ0n) is 12.3. The predicted molar refractivity (Wildman–Crippen MR) is 85.1 cm³/mol. The highest BCUT2D eigenvalue weighted by Crippen LogP contribution is 2.27. The highest BCUT2D eigenvalue weighted by Gasteiger charge is 2.22. The summed E-state index contributed by atoms with van der Waals surface area (Å²) >= 11 is 6.14. The van der Waals surface area contributed by atoms with Crippen molar-refractivity contribution < 1.29 is 9.53 Å². The highest BCUT2D eigenvalue weighted by atomic mass is 35.5. The third-order valence-electron chi connectivity index (χ3n) is 3.75. The van der Waals surface area contributed by atoms with Crippen molar-refractivity contribution in [2.45, 2.75) is 18.9 Å². The normalized spacial score (nSPS) is 17.9. The standard InChI is InChI=1S/C15H22ClN3O2/c1-21-9-8-19(10-11-4-3-7-18-11)13-6-2-5-12(16)14(13)15(17)20/h2,5-6,11,18H,3-4,7-10H2,1H3,(H2,17,20). The second-order valence-electron chi connectivity index (χ2n) is 5.23. The van der Waals surface area contributed by atoms with Crippen LogP contribution in [-0.4, -0.2) is 45.3 Å². The summed E-state index contributed by atoms with van der Waals surface area (Å²) in [6, 6.07) is 5.83. The van der Waals surface area contributed by atoms with Gasteiger partial charge in [-0.3, -0.25) is 4.79 Å². The summed E-state index contributed by atoms with van der Waals surface area (Å²) in [5, 5.41) is 3.86. The third-order valence-corrected chi connectivity index (χ3v) is 4.06. The summed E-state index contributed by atoms with van der Waals surface area (Å²) in [4.78, 5) is 13.8. The molecule has 0 saturated carbocycles. The number of carbonyl (C=O) groups excluding carboxylic acids is 1. The van der Waals surface area contributed by atoms with Crippen molar-refractivity contribution in [2.24, 2.45) is 5.73 Å². The second kappa shape index (κ2) is 7.64. The Balaban J connectivity index is 2.26. The summed E-state index contributed by atoms with van der Waals surface area (Å²) in [6.45, 7) is 3.12. The molecule has 1 atom stereocenters. The van der Waals surface area contributed by atoms with E-state index in [-0.39, 0.29) is 0 Å². The molecule has 6 heteroatoms. The average Bonchev–Trinajstić information content (AvgIpc) is 2.95. The Kier molecular flexibility index (Phi) is 5.85. The number of ether oxygens (including phenoxy) is 1. The van der Waals surface area contributed by atoms with Gasteiger partial charge in [-0.15, -0.1) is 0 Å². The minimum atomic E-state index is -0.502. The maximum absolute atomic E-state index is 11.7. The molecule has 0 aromatic heterocycles. The van der Waals surface area contributed by atoms with Crippen molar-refractivity contribution >= 4 is 23.2 Å². The van der Waals surface area contributed by atoms with E-state index in [2.05, 4.69) is 10.2 Å². The zero-order chi connectivity index (χ0) is 15.2. The quantitative estimate of drug-likeness (QED) is 0.803. The second-order valence-corrected chi connectivity index (χ2v) is 5.64. The van der Waals surface area contributed by atoms with Crippen LogP contribution in [0.3, 0.4) is 0 Å². The molecule has 1 saturated heterocycles. The summed E-state index contributed by atoms with van der Waals surface area (Å²) < 4.78 is 5.18. The summed E-state index contributed by atoms with van der Waals surface area (Å²) in [5.74, 6) is -0.502. The van der Waals surface area contributed by atoms with Gasteiger partial charge in [0, 0.05) is 26.2 Å². The number of nitrogens with zero attached hydrogens (tertiary/aromatic N) is 1. The fourth-order valence-corrected chi connectivity index (χ4v) is 2.97. The minimum Gasteiger partial charge on any atom is -0.383 e. The number of carbonyl (C=O) groups is 1. The Morgan fingerprint density at radius 1 is 1.57 bits per heavy atom. The molecule has 1 aromatic rings. The molecule has 0 spiro atoms. The maximum atomic E-state index is 11.7. The van der Waals surface area contributed by atoms with Crippen LogP contribution >= 0.6 is 11.6 Å². The molecule has 2 rings (SSSR count). The topological polar surface area (TPSA) is 67.6 Å². The molecule has 1 aliphatic heterocycles. The molecule has 1 aromatic carbocycles. The van der Waals surface area contributed by atoms with Gasteiger partial charge in [0.1, 0.15) is 0 Å². The molecule has 1 aliphatic rings. The van der Waals surface area contributed by atoms with Gasteiger partial charge >= 0.3 is 0 Å². The van der Waals surface area contributed by atoms with Gasteiger partial charge in [-0.25, -0.2) is 0 Å². The minimum absolute atomic E-state index is 0.383. The van der Waals surface area contributed by atoms with E-state index in [4.69, 9.17) is 22.1 Å². The van der Waals surface area contributed by atoms with Crippen LogP contribution in [0.4, 0.5) is 5.69 Å². The van der Waals surface area contributed by atoms with Gasteiger partial charge in [0.25, 0.3) is 5.91 Å². The smallest absolute Gasteiger partial charge is 0.252 e. The highest BCUT2D eigenvalue weighted by molar-refractivity contribution is 6.34. The lowest BCUT2D eigenvalue weighted by Gasteiger charge is -2.29. The molecule has 21 heavy (non-hydrogen) atoms. The lowest BCUT2D eigenvalue weighted by Crippen LogP contribution is -2.40. The van der Waals surface area contributed by atoms with E-state index in [1.807, 2.05) is 12.1 Å². The molecule has 1 unspecified atom stereocenters. The first-order valence-corrected chi connectivity index (χ1v) is 7.57. The van der Waals surface area contributed by atoms with Crippen LogP contribution in [0.25, 0.3) is 0 Å². The summed E-state index contributed by atoms with van der Waals surface area (Å²) in [5.41, 5.74) is 6.65. The number of rotatable bonds is 7. The fraction of sp³-hybridized carbons (Fsp3) is 0.533. The van der Waals surface area contributed by atoms with E-state index in [0.29, 0.717) is 29.8 Å². The Labute approximate surface area is 130 Å². The molecule has 3 N–H and O–H groups in total. The van der Waals surface area contributed by atoms with Crippen molar-refractivity contribution in [3.05, 3.63) is 28.8 Å². The predicted octanol–water partition coefficient (Wildman–Crippen LogP) is 1.64. The number of benzene rings is 1. The zero-order valence-corrected chi connectivity index (χ0v) is 13.0. The number of nitrogens with one attached hydrogen (secondary N) is 1. The largest absolute Gasteiger partial charge is 0.383 e. The lowest BCUT2D eigenvalue weighted by atomic mass is 10.1. The van der Waals surface area contributed by atoms with E-state index in [9.17, 15) is 4.79 Å². The van der Waals surface area contributed by atoms with Crippen LogP contribution in [0.15, 0.2) is 18.2 Å². The SMILES string of the molecule is COCCN(CC1CCCN1)c1cccc(Cl)c1C(N)=O. The number of anilines is 1. The van der Waals surface area contributed by atoms with Gasteiger partial charge in [0.05, 0.1) is 22.9 Å². The van der Waals surface area contributed by atoms with Gasteiger partial charge in [0.2, 0.25) is 0 Å². The Morgan fingerprint density at radius 3 is 3.00 bits per heavy atom. The van der Waals surface area contributed by atoms with Crippen LogP contribution in [-0.2, 0) is 4.74 Å². The molecule has 1 fully saturated rings. The molecule has 0 aliphatic carbocycles. The fourth-order valence-electron chi connectivity index (χ4n) is 2.71. The monoisotopic (exact) mass is 311 g/mol. The van der Waals surface area contributed by atoms with E-state index < -0.39 is 5.91 Å². The van der Waals surface area contributed by atoms with Gasteiger partial charge < -0.3 is 20.7 Å². The van der Waals surface area contributed by atoms with E-state index in [0.717, 1.165) is 25.2 Å². The number of halogens is 1. The first kappa shape index (κ1) is 16.1. The van der Waals surface area contributed by atoms with Crippen LogP contribution < -0.4 is 16.0 Å². The molecular weight excluding hydrogens is 290 g/mol. The van der Waals surface area contributed by atoms with Crippen molar-refractivity contribution in [3.8, 4) is 0 Å². The average molecular weight is 312 g/mol. The summed E-state index contributed by atoms with van der Waals surface area (Å²) in [6.07, 6.45) is 2.32. The molecule has 1 amide bonds.